The molecule has 0 atom stereocenters. The molecule has 3 rings (SSSR count). The van der Waals surface area contributed by atoms with Crippen molar-refractivity contribution >= 4 is 22.0 Å². The molecule has 0 saturated carbocycles. The lowest BCUT2D eigenvalue weighted by Crippen LogP contribution is -2.07. The average Bonchev–Trinajstić information content (AvgIpc) is 2.93. The van der Waals surface area contributed by atoms with Crippen molar-refractivity contribution in [1.82, 2.24) is 0 Å². The molecule has 1 aliphatic rings. The molecule has 0 bridgehead atoms. The van der Waals surface area contributed by atoms with Gasteiger partial charge in [0.25, 0.3) is 0 Å². The number of ether oxygens (including phenoxy) is 3. The molecule has 2 aromatic rings. The number of carbonyl (C=O) groups excluding carboxylic acids is 1. The Morgan fingerprint density at radius 3 is 2.30 bits per heavy atom. The summed E-state index contributed by atoms with van der Waals surface area (Å²) >= 11 is 0. The van der Waals surface area contributed by atoms with Crippen molar-refractivity contribution in [3.63, 3.8) is 0 Å². The van der Waals surface area contributed by atoms with Crippen LogP contribution in [0.25, 0.3) is 6.08 Å². The van der Waals surface area contributed by atoms with E-state index >= 15 is 0 Å². The fourth-order valence-corrected chi connectivity index (χ4v) is 3.22. The maximum absolute atomic E-state index is 12.6. The predicted octanol–water partition coefficient (Wildman–Crippen LogP) is 2.97. The minimum Gasteiger partial charge on any atom is -0.493 e. The van der Waals surface area contributed by atoms with Gasteiger partial charge in [-0.2, -0.15) is 8.42 Å². The van der Waals surface area contributed by atoms with E-state index in [1.54, 1.807) is 31.2 Å². The Kier molecular flexibility index (Phi) is 4.84. The summed E-state index contributed by atoms with van der Waals surface area (Å²) in [4.78, 5) is 12.6. The van der Waals surface area contributed by atoms with Crippen LogP contribution in [-0.4, -0.2) is 34.7 Å². The third-order valence-corrected chi connectivity index (χ3v) is 4.47. The van der Waals surface area contributed by atoms with Gasteiger partial charge in [-0.25, -0.2) is 0 Å². The number of hydrogen-bond acceptors (Lipinski definition) is 7. The third-order valence-electron chi connectivity index (χ3n) is 3.98. The highest BCUT2D eigenvalue weighted by Crippen LogP contribution is 2.40. The first-order valence-corrected chi connectivity index (χ1v) is 9.74. The molecule has 27 heavy (non-hydrogen) atoms. The topological polar surface area (TPSA) is 88.1 Å². The van der Waals surface area contributed by atoms with Crippen LogP contribution in [0.3, 0.4) is 0 Å². The Morgan fingerprint density at radius 1 is 1.00 bits per heavy atom. The molecule has 0 amide bonds. The molecule has 0 N–H and O–H groups in total. The largest absolute Gasteiger partial charge is 0.493 e. The van der Waals surface area contributed by atoms with Gasteiger partial charge in [0.1, 0.15) is 11.5 Å². The molecule has 0 aromatic heterocycles. The van der Waals surface area contributed by atoms with Crippen molar-refractivity contribution in [1.29, 1.82) is 0 Å². The molecule has 0 fully saturated rings. The van der Waals surface area contributed by atoms with Crippen LogP contribution in [0.1, 0.15) is 21.5 Å². The molecular weight excluding hydrogens is 372 g/mol. The molecule has 0 unspecified atom stereocenters. The molecule has 0 radical (unpaired) electrons. The quantitative estimate of drug-likeness (QED) is 0.573. The monoisotopic (exact) mass is 390 g/mol. The summed E-state index contributed by atoms with van der Waals surface area (Å²) in [6, 6.07) is 8.13. The van der Waals surface area contributed by atoms with Crippen molar-refractivity contribution in [3.8, 4) is 23.0 Å². The maximum Gasteiger partial charge on any atom is 0.306 e. The van der Waals surface area contributed by atoms with Crippen LogP contribution in [0.2, 0.25) is 0 Å². The first-order valence-electron chi connectivity index (χ1n) is 7.93. The third kappa shape index (κ3) is 3.75. The van der Waals surface area contributed by atoms with E-state index in [2.05, 4.69) is 0 Å². The minimum absolute atomic E-state index is 0.122. The zero-order chi connectivity index (χ0) is 19.8. The van der Waals surface area contributed by atoms with Crippen molar-refractivity contribution in [2.24, 2.45) is 0 Å². The molecule has 2 aromatic carbocycles. The summed E-state index contributed by atoms with van der Waals surface area (Å²) in [5, 5.41) is 0. The molecule has 142 valence electrons. The van der Waals surface area contributed by atoms with E-state index in [0.717, 1.165) is 6.26 Å². The predicted molar refractivity (Wildman–Crippen MR) is 99.1 cm³/mol. The summed E-state index contributed by atoms with van der Waals surface area (Å²) in [6.07, 6.45) is 2.54. The van der Waals surface area contributed by atoms with E-state index in [0.29, 0.717) is 28.2 Å². The lowest BCUT2D eigenvalue weighted by Gasteiger charge is -2.09. The van der Waals surface area contributed by atoms with Crippen molar-refractivity contribution < 1.29 is 31.6 Å². The van der Waals surface area contributed by atoms with Gasteiger partial charge in [0.15, 0.2) is 17.3 Å². The van der Waals surface area contributed by atoms with Gasteiger partial charge < -0.3 is 18.4 Å². The second-order valence-electron chi connectivity index (χ2n) is 5.91. The van der Waals surface area contributed by atoms with Gasteiger partial charge in [0.2, 0.25) is 5.78 Å². The van der Waals surface area contributed by atoms with E-state index in [1.165, 1.54) is 26.4 Å². The van der Waals surface area contributed by atoms with Crippen LogP contribution in [0, 0.1) is 6.92 Å². The van der Waals surface area contributed by atoms with Gasteiger partial charge in [-0.3, -0.25) is 4.79 Å². The summed E-state index contributed by atoms with van der Waals surface area (Å²) in [5.41, 5.74) is 1.47. The number of carbonyl (C=O) groups is 1. The smallest absolute Gasteiger partial charge is 0.306 e. The Morgan fingerprint density at radius 2 is 1.67 bits per heavy atom. The van der Waals surface area contributed by atoms with Gasteiger partial charge in [0, 0.05) is 5.56 Å². The van der Waals surface area contributed by atoms with E-state index in [9.17, 15) is 13.2 Å². The van der Waals surface area contributed by atoms with E-state index in [1.807, 2.05) is 0 Å². The first-order chi connectivity index (χ1) is 12.7. The van der Waals surface area contributed by atoms with Crippen molar-refractivity contribution in [3.05, 3.63) is 52.8 Å². The standard InChI is InChI=1S/C19H18O7S/c1-11-14(26-27(4,21)22)8-6-13-18(20)17(25-19(11)13)10-12-5-7-15(23-2)16(9-12)24-3/h5-10H,1-4H3/b17-10-. The Labute approximate surface area is 157 Å². The zero-order valence-corrected chi connectivity index (χ0v) is 16.0. The molecule has 0 aliphatic carbocycles. The van der Waals surface area contributed by atoms with Gasteiger partial charge in [0.05, 0.1) is 26.0 Å². The minimum atomic E-state index is -3.69. The highest BCUT2D eigenvalue weighted by atomic mass is 32.2. The number of hydrogen-bond donors (Lipinski definition) is 0. The maximum atomic E-state index is 12.6. The summed E-state index contributed by atoms with van der Waals surface area (Å²) in [7, 11) is -0.629. The SMILES string of the molecule is COc1ccc(/C=C2\Oc3c(ccc(OS(C)(=O)=O)c3C)C2=O)cc1OC. The summed E-state index contributed by atoms with van der Waals surface area (Å²) in [6.45, 7) is 1.63. The normalized spacial score (nSPS) is 14.7. The summed E-state index contributed by atoms with van der Waals surface area (Å²) in [5.74, 6) is 1.32. The molecule has 1 heterocycles. The molecule has 7 nitrogen and oxygen atoms in total. The second kappa shape index (κ2) is 6.96. The number of fused-ring (bicyclic) bond motifs is 1. The lowest BCUT2D eigenvalue weighted by atomic mass is 10.1. The van der Waals surface area contributed by atoms with Gasteiger partial charge in [-0.15, -0.1) is 0 Å². The zero-order valence-electron chi connectivity index (χ0n) is 15.2. The van der Waals surface area contributed by atoms with Gasteiger partial charge in [-0.1, -0.05) is 6.07 Å². The fourth-order valence-electron chi connectivity index (χ4n) is 2.72. The number of rotatable bonds is 5. The number of Topliss-reactive ketones (excluding diaryl/α,β-unsaturated/α-hetero) is 1. The average molecular weight is 390 g/mol. The van der Waals surface area contributed by atoms with Crippen molar-refractivity contribution in [2.75, 3.05) is 20.5 Å². The van der Waals surface area contributed by atoms with Crippen LogP contribution in [-0.2, 0) is 10.1 Å². The lowest BCUT2D eigenvalue weighted by molar-refractivity contribution is 0.101. The van der Waals surface area contributed by atoms with Gasteiger partial charge in [-0.05, 0) is 42.8 Å². The Hall–Kier alpha value is -3.00. The van der Waals surface area contributed by atoms with E-state index < -0.39 is 10.1 Å². The Bertz CT molecular complexity index is 1050. The Balaban J connectivity index is 1.97. The van der Waals surface area contributed by atoms with Crippen molar-refractivity contribution in [2.45, 2.75) is 6.92 Å². The van der Waals surface area contributed by atoms with Crippen LogP contribution in [0.4, 0.5) is 0 Å². The molecule has 8 heteroatoms. The second-order valence-corrected chi connectivity index (χ2v) is 7.48. The first kappa shape index (κ1) is 18.8. The van der Waals surface area contributed by atoms with Crippen LogP contribution < -0.4 is 18.4 Å². The van der Waals surface area contributed by atoms with Crippen LogP contribution in [0.5, 0.6) is 23.0 Å². The molecule has 0 saturated heterocycles. The highest BCUT2D eigenvalue weighted by Gasteiger charge is 2.30. The number of methoxy groups -OCH3 is 2. The fraction of sp³-hybridized carbons (Fsp3) is 0.211. The van der Waals surface area contributed by atoms with E-state index in [4.69, 9.17) is 18.4 Å². The number of benzene rings is 2. The van der Waals surface area contributed by atoms with Gasteiger partial charge >= 0.3 is 10.1 Å². The number of allylic oxidation sites excluding steroid dienone is 1. The summed E-state index contributed by atoms with van der Waals surface area (Å²) < 4.78 is 43.8. The van der Waals surface area contributed by atoms with E-state index in [-0.39, 0.29) is 23.0 Å². The van der Waals surface area contributed by atoms with Crippen LogP contribution >= 0.6 is 0 Å². The molecule has 0 spiro atoms. The number of ketones is 1. The highest BCUT2D eigenvalue weighted by molar-refractivity contribution is 7.86. The van der Waals surface area contributed by atoms with Crippen LogP contribution in [0.15, 0.2) is 36.1 Å². The molecule has 1 aliphatic heterocycles. The molecular formula is C19H18O7S.